The molecule has 0 radical (unpaired) electrons. The normalized spacial score (nSPS) is 16.8. The van der Waals surface area contributed by atoms with Crippen molar-refractivity contribution < 1.29 is 5.11 Å². The van der Waals surface area contributed by atoms with Crippen LogP contribution in [0.15, 0.2) is 48.5 Å². The zero-order chi connectivity index (χ0) is 17.6. The molecule has 1 aliphatic rings. The topological polar surface area (TPSA) is 35.5 Å². The van der Waals surface area contributed by atoms with E-state index < -0.39 is 0 Å². The number of anilines is 1. The van der Waals surface area contributed by atoms with E-state index in [0.29, 0.717) is 6.04 Å². The first-order valence-electron chi connectivity index (χ1n) is 9.49. The Balaban J connectivity index is 1.70. The smallest absolute Gasteiger partial charge is 0.0584 e. The van der Waals surface area contributed by atoms with Crippen LogP contribution in [-0.2, 0) is 0 Å². The van der Waals surface area contributed by atoms with Crippen molar-refractivity contribution in [3.8, 4) is 11.1 Å². The van der Waals surface area contributed by atoms with Gasteiger partial charge in [-0.15, -0.1) is 0 Å². The van der Waals surface area contributed by atoms with Gasteiger partial charge in [0.1, 0.15) is 0 Å². The molecule has 2 aromatic carbocycles. The summed E-state index contributed by atoms with van der Waals surface area (Å²) in [5.74, 6) is 0. The van der Waals surface area contributed by atoms with Crippen molar-refractivity contribution in [2.24, 2.45) is 0 Å². The molecule has 0 aromatic heterocycles. The highest BCUT2D eigenvalue weighted by molar-refractivity contribution is 5.74. The maximum atomic E-state index is 9.39. The second kappa shape index (κ2) is 8.50. The molecule has 2 N–H and O–H groups in total. The van der Waals surface area contributed by atoms with Gasteiger partial charge in [0.25, 0.3) is 0 Å². The highest BCUT2D eigenvalue weighted by Gasteiger charge is 2.22. The van der Waals surface area contributed by atoms with Crippen LogP contribution in [-0.4, -0.2) is 36.9 Å². The summed E-state index contributed by atoms with van der Waals surface area (Å²) in [4.78, 5) is 2.51. The molecule has 134 valence electrons. The van der Waals surface area contributed by atoms with E-state index in [2.05, 4.69) is 72.6 Å². The minimum Gasteiger partial charge on any atom is -0.395 e. The van der Waals surface area contributed by atoms with Crippen LogP contribution in [0, 0.1) is 6.92 Å². The Labute approximate surface area is 151 Å². The van der Waals surface area contributed by atoms with Crippen molar-refractivity contribution in [1.82, 2.24) is 5.32 Å². The first kappa shape index (κ1) is 18.0. The van der Waals surface area contributed by atoms with Crippen molar-refractivity contribution in [3.05, 3.63) is 54.1 Å². The molecule has 0 spiro atoms. The third-order valence-electron chi connectivity index (χ3n) is 5.41. The molecule has 3 rings (SSSR count). The number of piperidine rings is 1. The standard InChI is InChI=1S/C22H30N2O/c1-3-19(16-25)23-20-12-14-24(15-13-20)22-11-7-10-21(17(22)2)18-8-5-4-6-9-18/h4-11,19-20,23,25H,3,12-16H2,1-2H3/t19-/m1/s1. The third-order valence-corrected chi connectivity index (χ3v) is 5.41. The van der Waals surface area contributed by atoms with Crippen LogP contribution in [0.25, 0.3) is 11.1 Å². The number of hydrogen-bond donors (Lipinski definition) is 2. The van der Waals surface area contributed by atoms with E-state index in [4.69, 9.17) is 0 Å². The molecule has 1 heterocycles. The summed E-state index contributed by atoms with van der Waals surface area (Å²) in [7, 11) is 0. The van der Waals surface area contributed by atoms with Crippen LogP contribution >= 0.6 is 0 Å². The molecule has 0 unspecified atom stereocenters. The number of benzene rings is 2. The van der Waals surface area contributed by atoms with Gasteiger partial charge in [0.05, 0.1) is 6.61 Å². The quantitative estimate of drug-likeness (QED) is 0.836. The summed E-state index contributed by atoms with van der Waals surface area (Å²) < 4.78 is 0. The van der Waals surface area contributed by atoms with Crippen molar-refractivity contribution in [3.63, 3.8) is 0 Å². The Morgan fingerprint density at radius 2 is 1.80 bits per heavy atom. The Bertz CT molecular complexity index is 659. The van der Waals surface area contributed by atoms with E-state index in [1.54, 1.807) is 0 Å². The fourth-order valence-corrected chi connectivity index (χ4v) is 3.82. The van der Waals surface area contributed by atoms with Gasteiger partial charge >= 0.3 is 0 Å². The Kier molecular flexibility index (Phi) is 6.11. The van der Waals surface area contributed by atoms with Crippen LogP contribution < -0.4 is 10.2 Å². The van der Waals surface area contributed by atoms with Crippen molar-refractivity contribution in [2.75, 3.05) is 24.6 Å². The van der Waals surface area contributed by atoms with Gasteiger partial charge < -0.3 is 15.3 Å². The van der Waals surface area contributed by atoms with Crippen LogP contribution in [0.1, 0.15) is 31.7 Å². The number of hydrogen-bond acceptors (Lipinski definition) is 3. The molecule has 3 heteroatoms. The first-order chi connectivity index (χ1) is 12.2. The van der Waals surface area contributed by atoms with Crippen molar-refractivity contribution in [2.45, 2.75) is 45.2 Å². The predicted octanol–water partition coefficient (Wildman–Crippen LogP) is 3.99. The summed E-state index contributed by atoms with van der Waals surface area (Å²) in [6, 6.07) is 18.0. The molecule has 0 bridgehead atoms. The molecule has 0 amide bonds. The number of aliphatic hydroxyl groups excluding tert-OH is 1. The third kappa shape index (κ3) is 4.23. The lowest BCUT2D eigenvalue weighted by Crippen LogP contribution is -2.47. The van der Waals surface area contributed by atoms with Gasteiger partial charge in [-0.3, -0.25) is 0 Å². The fraction of sp³-hybridized carbons (Fsp3) is 0.455. The van der Waals surface area contributed by atoms with Crippen molar-refractivity contribution >= 4 is 5.69 Å². The van der Waals surface area contributed by atoms with Crippen molar-refractivity contribution in [1.29, 1.82) is 0 Å². The van der Waals surface area contributed by atoms with E-state index in [1.807, 2.05) is 0 Å². The molecular weight excluding hydrogens is 308 g/mol. The lowest BCUT2D eigenvalue weighted by atomic mass is 9.97. The predicted molar refractivity (Wildman–Crippen MR) is 106 cm³/mol. The minimum absolute atomic E-state index is 0.231. The molecule has 2 aromatic rings. The largest absolute Gasteiger partial charge is 0.395 e. The van der Waals surface area contributed by atoms with E-state index in [-0.39, 0.29) is 12.6 Å². The van der Waals surface area contributed by atoms with Gasteiger partial charge in [-0.05, 0) is 48.9 Å². The highest BCUT2D eigenvalue weighted by Crippen LogP contribution is 2.32. The van der Waals surface area contributed by atoms with E-state index in [0.717, 1.165) is 32.4 Å². The van der Waals surface area contributed by atoms with Gasteiger partial charge in [-0.1, -0.05) is 49.4 Å². The Hall–Kier alpha value is -1.84. The van der Waals surface area contributed by atoms with Crippen LogP contribution in [0.4, 0.5) is 5.69 Å². The number of aliphatic hydroxyl groups is 1. The second-order valence-electron chi connectivity index (χ2n) is 7.03. The lowest BCUT2D eigenvalue weighted by Gasteiger charge is -2.36. The SMILES string of the molecule is CC[C@H](CO)NC1CCN(c2cccc(-c3ccccc3)c2C)CC1. The minimum atomic E-state index is 0.231. The highest BCUT2D eigenvalue weighted by atomic mass is 16.3. The molecule has 0 saturated carbocycles. The van der Waals surface area contributed by atoms with Gasteiger partial charge in [0.2, 0.25) is 0 Å². The van der Waals surface area contributed by atoms with Crippen LogP contribution in [0.2, 0.25) is 0 Å². The van der Waals surface area contributed by atoms with Gasteiger partial charge in [-0.25, -0.2) is 0 Å². The molecule has 3 nitrogen and oxygen atoms in total. The van der Waals surface area contributed by atoms with Crippen LogP contribution in [0.3, 0.4) is 0 Å². The average molecular weight is 338 g/mol. The first-order valence-corrected chi connectivity index (χ1v) is 9.49. The van der Waals surface area contributed by atoms with Gasteiger partial charge in [-0.2, -0.15) is 0 Å². The molecular formula is C22H30N2O. The number of nitrogens with one attached hydrogen (secondary N) is 1. The second-order valence-corrected chi connectivity index (χ2v) is 7.03. The molecule has 1 fully saturated rings. The Morgan fingerprint density at radius 1 is 1.08 bits per heavy atom. The van der Waals surface area contributed by atoms with Gasteiger partial charge in [0, 0.05) is 30.9 Å². The van der Waals surface area contributed by atoms with Crippen LogP contribution in [0.5, 0.6) is 0 Å². The summed E-state index contributed by atoms with van der Waals surface area (Å²) in [5, 5.41) is 13.0. The van der Waals surface area contributed by atoms with Gasteiger partial charge in [0.15, 0.2) is 0 Å². The molecule has 0 aliphatic carbocycles. The summed E-state index contributed by atoms with van der Waals surface area (Å²) >= 11 is 0. The monoisotopic (exact) mass is 338 g/mol. The summed E-state index contributed by atoms with van der Waals surface area (Å²) in [6.45, 7) is 6.73. The Morgan fingerprint density at radius 3 is 2.44 bits per heavy atom. The lowest BCUT2D eigenvalue weighted by molar-refractivity contribution is 0.220. The molecule has 1 atom stereocenters. The molecule has 25 heavy (non-hydrogen) atoms. The molecule has 1 saturated heterocycles. The maximum Gasteiger partial charge on any atom is 0.0584 e. The molecule has 1 aliphatic heterocycles. The summed E-state index contributed by atoms with van der Waals surface area (Å²) in [6.07, 6.45) is 3.24. The zero-order valence-electron chi connectivity index (χ0n) is 15.4. The van der Waals surface area contributed by atoms with E-state index in [1.165, 1.54) is 22.4 Å². The fourth-order valence-electron chi connectivity index (χ4n) is 3.82. The maximum absolute atomic E-state index is 9.39. The van der Waals surface area contributed by atoms with E-state index >= 15 is 0 Å². The zero-order valence-corrected chi connectivity index (χ0v) is 15.4. The number of nitrogens with zero attached hydrogens (tertiary/aromatic N) is 1. The average Bonchev–Trinajstić information content (AvgIpc) is 2.67. The van der Waals surface area contributed by atoms with E-state index in [9.17, 15) is 5.11 Å². The summed E-state index contributed by atoms with van der Waals surface area (Å²) in [5.41, 5.74) is 5.33. The number of rotatable bonds is 6.